The number of hydrogen-bond donors (Lipinski definition) is 0. The maximum Gasteiger partial charge on any atom is 0.103 e. The van der Waals surface area contributed by atoms with E-state index in [4.69, 9.17) is 0 Å². The first-order valence-corrected chi connectivity index (χ1v) is 5.02. The van der Waals surface area contributed by atoms with E-state index in [1.807, 2.05) is 0 Å². The van der Waals surface area contributed by atoms with Gasteiger partial charge in [-0.2, -0.15) is 0 Å². The van der Waals surface area contributed by atoms with E-state index in [1.54, 1.807) is 0 Å². The van der Waals surface area contributed by atoms with Crippen molar-refractivity contribution in [1.29, 1.82) is 0 Å². The van der Waals surface area contributed by atoms with Crippen molar-refractivity contribution < 1.29 is 4.39 Å². The highest BCUT2D eigenvalue weighted by molar-refractivity contribution is 4.84. The molecule has 3 atom stereocenters. The van der Waals surface area contributed by atoms with Gasteiger partial charge in [-0.1, -0.05) is 25.7 Å². The Bertz CT molecular complexity index is 131. The molecule has 0 unspecified atom stereocenters. The lowest BCUT2D eigenvalue weighted by Gasteiger charge is -2.37. The molecule has 0 aromatic rings. The summed E-state index contributed by atoms with van der Waals surface area (Å²) < 4.78 is 13.3. The van der Waals surface area contributed by atoms with E-state index in [1.165, 1.54) is 32.1 Å². The van der Waals surface area contributed by atoms with E-state index in [0.29, 0.717) is 5.92 Å². The zero-order chi connectivity index (χ0) is 7.68. The molecule has 2 aliphatic carbocycles. The third-order valence-electron chi connectivity index (χ3n) is 3.49. The molecule has 0 amide bonds. The van der Waals surface area contributed by atoms with Crippen LogP contribution < -0.4 is 0 Å². The molecule has 1 heteroatoms. The topological polar surface area (TPSA) is 0 Å². The van der Waals surface area contributed by atoms with Gasteiger partial charge in [0.2, 0.25) is 0 Å². The normalized spacial score (nSPS) is 45.0. The summed E-state index contributed by atoms with van der Waals surface area (Å²) in [5.41, 5.74) is 0. The van der Waals surface area contributed by atoms with Crippen LogP contribution in [0.2, 0.25) is 0 Å². The van der Waals surface area contributed by atoms with E-state index in [-0.39, 0.29) is 0 Å². The Morgan fingerprint density at radius 1 is 0.818 bits per heavy atom. The van der Waals surface area contributed by atoms with Gasteiger partial charge in [-0.05, 0) is 31.1 Å². The second-order valence-corrected chi connectivity index (χ2v) is 4.16. The van der Waals surface area contributed by atoms with Crippen LogP contribution in [0.15, 0.2) is 0 Å². The van der Waals surface area contributed by atoms with Crippen LogP contribution >= 0.6 is 0 Å². The Kier molecular flexibility index (Phi) is 2.15. The number of rotatable bonds is 0. The fourth-order valence-corrected chi connectivity index (χ4v) is 2.86. The van der Waals surface area contributed by atoms with E-state index in [9.17, 15) is 4.39 Å². The molecule has 64 valence electrons. The molecule has 0 bridgehead atoms. The van der Waals surface area contributed by atoms with Crippen LogP contribution in [0.4, 0.5) is 4.39 Å². The molecule has 0 radical (unpaired) electrons. The number of halogens is 1. The predicted molar refractivity (Wildman–Crippen MR) is 44.2 cm³/mol. The van der Waals surface area contributed by atoms with Gasteiger partial charge in [0.25, 0.3) is 0 Å². The van der Waals surface area contributed by atoms with Gasteiger partial charge in [-0.3, -0.25) is 0 Å². The van der Waals surface area contributed by atoms with Crippen molar-refractivity contribution in [2.24, 2.45) is 11.8 Å². The molecule has 2 aliphatic rings. The minimum absolute atomic E-state index is 0.450. The molecule has 0 N–H and O–H groups in total. The second kappa shape index (κ2) is 3.12. The number of alkyl halides is 1. The van der Waals surface area contributed by atoms with Gasteiger partial charge in [0.15, 0.2) is 0 Å². The number of hydrogen-bond acceptors (Lipinski definition) is 0. The zero-order valence-corrected chi connectivity index (χ0v) is 7.06. The average molecular weight is 156 g/mol. The van der Waals surface area contributed by atoms with Crippen LogP contribution in [0, 0.1) is 11.8 Å². The average Bonchev–Trinajstić information content (AvgIpc) is 2.06. The molecule has 2 rings (SSSR count). The molecule has 0 aliphatic heterocycles. The minimum Gasteiger partial charge on any atom is -0.247 e. The van der Waals surface area contributed by atoms with Gasteiger partial charge in [-0.25, -0.2) is 4.39 Å². The maximum absolute atomic E-state index is 13.3. The second-order valence-electron chi connectivity index (χ2n) is 4.16. The number of fused-ring (bicyclic) bond motifs is 1. The molecule has 2 saturated carbocycles. The van der Waals surface area contributed by atoms with E-state index < -0.39 is 6.17 Å². The van der Waals surface area contributed by atoms with Gasteiger partial charge >= 0.3 is 0 Å². The Labute approximate surface area is 68.2 Å². The van der Waals surface area contributed by atoms with Gasteiger partial charge in [0, 0.05) is 0 Å². The van der Waals surface area contributed by atoms with Gasteiger partial charge < -0.3 is 0 Å². The van der Waals surface area contributed by atoms with Crippen molar-refractivity contribution in [2.45, 2.75) is 51.1 Å². The predicted octanol–water partition coefficient (Wildman–Crippen LogP) is 3.31. The fraction of sp³-hybridized carbons (Fsp3) is 1.00. The van der Waals surface area contributed by atoms with Crippen molar-refractivity contribution in [1.82, 2.24) is 0 Å². The van der Waals surface area contributed by atoms with Crippen LogP contribution in [0.1, 0.15) is 44.9 Å². The third-order valence-corrected chi connectivity index (χ3v) is 3.49. The van der Waals surface area contributed by atoms with Crippen LogP contribution in [-0.4, -0.2) is 6.17 Å². The van der Waals surface area contributed by atoms with Crippen molar-refractivity contribution >= 4 is 0 Å². The summed E-state index contributed by atoms with van der Waals surface area (Å²) in [5.74, 6) is 1.21. The molecular formula is C10H17F. The highest BCUT2D eigenvalue weighted by Crippen LogP contribution is 2.41. The molecule has 0 aromatic heterocycles. The molecular weight excluding hydrogens is 139 g/mol. The summed E-state index contributed by atoms with van der Waals surface area (Å²) in [6.07, 6.45) is 7.97. The Balaban J connectivity index is 1.99. The minimum atomic E-state index is -0.450. The fourth-order valence-electron chi connectivity index (χ4n) is 2.86. The quantitative estimate of drug-likeness (QED) is 0.504. The lowest BCUT2D eigenvalue weighted by molar-refractivity contribution is 0.0717. The lowest BCUT2D eigenvalue weighted by Crippen LogP contribution is -2.31. The first kappa shape index (κ1) is 7.57. The smallest absolute Gasteiger partial charge is 0.103 e. The first-order chi connectivity index (χ1) is 5.38. The summed E-state index contributed by atoms with van der Waals surface area (Å²) in [5, 5.41) is 0. The van der Waals surface area contributed by atoms with Crippen LogP contribution in [0.5, 0.6) is 0 Å². The first-order valence-electron chi connectivity index (χ1n) is 5.02. The van der Waals surface area contributed by atoms with E-state index in [2.05, 4.69) is 0 Å². The highest BCUT2D eigenvalue weighted by atomic mass is 19.1. The summed E-state index contributed by atoms with van der Waals surface area (Å²) in [7, 11) is 0. The Hall–Kier alpha value is -0.0700. The maximum atomic E-state index is 13.3. The van der Waals surface area contributed by atoms with Crippen molar-refractivity contribution in [3.8, 4) is 0 Å². The van der Waals surface area contributed by atoms with Crippen LogP contribution in [-0.2, 0) is 0 Å². The molecule has 0 spiro atoms. The van der Waals surface area contributed by atoms with Gasteiger partial charge in [-0.15, -0.1) is 0 Å². The molecule has 0 nitrogen and oxygen atoms in total. The van der Waals surface area contributed by atoms with E-state index >= 15 is 0 Å². The lowest BCUT2D eigenvalue weighted by atomic mass is 9.70. The largest absolute Gasteiger partial charge is 0.247 e. The van der Waals surface area contributed by atoms with Gasteiger partial charge in [0.1, 0.15) is 6.17 Å². The molecule has 0 saturated heterocycles. The van der Waals surface area contributed by atoms with Crippen molar-refractivity contribution in [3.63, 3.8) is 0 Å². The van der Waals surface area contributed by atoms with Gasteiger partial charge in [0.05, 0.1) is 0 Å². The molecule has 11 heavy (non-hydrogen) atoms. The van der Waals surface area contributed by atoms with Crippen molar-refractivity contribution in [3.05, 3.63) is 0 Å². The molecule has 0 aromatic carbocycles. The Morgan fingerprint density at radius 3 is 2.36 bits per heavy atom. The van der Waals surface area contributed by atoms with Crippen LogP contribution in [0.25, 0.3) is 0 Å². The Morgan fingerprint density at radius 2 is 1.55 bits per heavy atom. The third kappa shape index (κ3) is 1.43. The van der Waals surface area contributed by atoms with Crippen molar-refractivity contribution in [2.75, 3.05) is 0 Å². The monoisotopic (exact) mass is 156 g/mol. The highest BCUT2D eigenvalue weighted by Gasteiger charge is 2.34. The SMILES string of the molecule is F[C@@H]1CCC[C@H]2CCCC[C@@H]21. The standard InChI is InChI=1S/C10H17F/c11-10-7-3-5-8-4-1-2-6-9(8)10/h8-10H,1-7H2/t8-,9+,10-/m1/s1. The molecule has 0 heterocycles. The summed E-state index contributed by atoms with van der Waals surface area (Å²) >= 11 is 0. The summed E-state index contributed by atoms with van der Waals surface area (Å²) in [6.45, 7) is 0. The summed E-state index contributed by atoms with van der Waals surface area (Å²) in [4.78, 5) is 0. The summed E-state index contributed by atoms with van der Waals surface area (Å²) in [6, 6.07) is 0. The van der Waals surface area contributed by atoms with Crippen LogP contribution in [0.3, 0.4) is 0 Å². The zero-order valence-electron chi connectivity index (χ0n) is 7.06. The van der Waals surface area contributed by atoms with E-state index in [0.717, 1.165) is 18.8 Å². The molecule has 2 fully saturated rings.